The Balaban J connectivity index is 2.21. The number of carbonyl (C=O) groups is 3. The van der Waals surface area contributed by atoms with Crippen LogP contribution in [-0.4, -0.2) is 44.2 Å². The lowest BCUT2D eigenvalue weighted by atomic mass is 9.90. The third kappa shape index (κ3) is 2.73. The number of rotatable bonds is 3. The highest BCUT2D eigenvalue weighted by Gasteiger charge is 2.75. The van der Waals surface area contributed by atoms with Crippen molar-refractivity contribution in [1.29, 1.82) is 0 Å². The van der Waals surface area contributed by atoms with Crippen molar-refractivity contribution >= 4 is 34.0 Å². The van der Waals surface area contributed by atoms with Gasteiger partial charge in [0.25, 0.3) is 0 Å². The first-order valence-electron chi connectivity index (χ1n) is 6.61. The number of aliphatic carboxylic acids is 2. The van der Waals surface area contributed by atoms with E-state index in [2.05, 4.69) is 21.2 Å². The van der Waals surface area contributed by atoms with Crippen LogP contribution in [0, 0.1) is 17.8 Å². The van der Waals surface area contributed by atoms with Crippen LogP contribution in [0.3, 0.4) is 0 Å². The average molecular weight is 364 g/mol. The Hall–Kier alpha value is -1.31. The maximum Gasteiger partial charge on any atom is 0.408 e. The van der Waals surface area contributed by atoms with Crippen molar-refractivity contribution in [3.8, 4) is 0 Å². The SMILES string of the molecule is CC(C)(C)OC(=O)N[C@@]1(C(=O)O)C[C@@H](Br)[C@H]2[C@H](C(=O)O)[C@H]21. The van der Waals surface area contributed by atoms with Gasteiger partial charge in [-0.2, -0.15) is 0 Å². The van der Waals surface area contributed by atoms with E-state index in [4.69, 9.17) is 9.84 Å². The second kappa shape index (κ2) is 4.86. The van der Waals surface area contributed by atoms with Gasteiger partial charge >= 0.3 is 18.0 Å². The Morgan fingerprint density at radius 2 is 1.86 bits per heavy atom. The van der Waals surface area contributed by atoms with E-state index >= 15 is 0 Å². The number of amides is 1. The molecule has 118 valence electrons. The minimum atomic E-state index is -1.59. The van der Waals surface area contributed by atoms with Gasteiger partial charge in [-0.25, -0.2) is 9.59 Å². The molecular weight excluding hydrogens is 346 g/mol. The molecule has 0 bridgehead atoms. The quantitative estimate of drug-likeness (QED) is 0.654. The molecule has 0 unspecified atom stereocenters. The number of nitrogens with one attached hydrogen (secondary N) is 1. The molecule has 0 aromatic heterocycles. The minimum Gasteiger partial charge on any atom is -0.481 e. The monoisotopic (exact) mass is 363 g/mol. The molecular formula is C13H18BrNO6. The zero-order valence-corrected chi connectivity index (χ0v) is 13.5. The Bertz CT molecular complexity index is 501. The number of alkyl carbamates (subject to hydrolysis) is 1. The lowest BCUT2D eigenvalue weighted by Gasteiger charge is -2.30. The van der Waals surface area contributed by atoms with Crippen molar-refractivity contribution in [3.63, 3.8) is 0 Å². The zero-order chi connectivity index (χ0) is 16.2. The van der Waals surface area contributed by atoms with Crippen molar-refractivity contribution in [2.45, 2.75) is 43.2 Å². The van der Waals surface area contributed by atoms with Crippen molar-refractivity contribution in [3.05, 3.63) is 0 Å². The molecule has 2 aliphatic rings. The Morgan fingerprint density at radius 1 is 1.29 bits per heavy atom. The highest BCUT2D eigenvalue weighted by molar-refractivity contribution is 9.09. The maximum absolute atomic E-state index is 11.9. The second-order valence-electron chi connectivity index (χ2n) is 6.59. The van der Waals surface area contributed by atoms with Crippen LogP contribution in [0.2, 0.25) is 0 Å². The first kappa shape index (κ1) is 16.1. The molecule has 21 heavy (non-hydrogen) atoms. The van der Waals surface area contributed by atoms with E-state index in [0.29, 0.717) is 0 Å². The third-order valence-electron chi connectivity index (χ3n) is 3.97. The molecule has 0 aromatic carbocycles. The molecule has 3 N–H and O–H groups in total. The van der Waals surface area contributed by atoms with E-state index in [9.17, 15) is 19.5 Å². The Labute approximate surface area is 130 Å². The third-order valence-corrected chi connectivity index (χ3v) is 4.90. The van der Waals surface area contributed by atoms with Gasteiger partial charge in [-0.15, -0.1) is 0 Å². The van der Waals surface area contributed by atoms with Crippen LogP contribution in [0.1, 0.15) is 27.2 Å². The Morgan fingerprint density at radius 3 is 2.24 bits per heavy atom. The molecule has 7 nitrogen and oxygen atoms in total. The van der Waals surface area contributed by atoms with Crippen LogP contribution >= 0.6 is 15.9 Å². The van der Waals surface area contributed by atoms with Gasteiger partial charge in [-0.1, -0.05) is 15.9 Å². The highest BCUT2D eigenvalue weighted by Crippen LogP contribution is 2.64. The topological polar surface area (TPSA) is 113 Å². The maximum atomic E-state index is 11.9. The fourth-order valence-corrected chi connectivity index (χ4v) is 4.39. The molecule has 0 saturated heterocycles. The molecule has 8 heteroatoms. The van der Waals surface area contributed by atoms with Crippen molar-refractivity contribution in [1.82, 2.24) is 5.32 Å². The number of ether oxygens (including phenoxy) is 1. The van der Waals surface area contributed by atoms with Gasteiger partial charge in [-0.3, -0.25) is 4.79 Å². The van der Waals surface area contributed by atoms with E-state index in [0.717, 1.165) is 0 Å². The minimum absolute atomic E-state index is 0.140. The van der Waals surface area contributed by atoms with Gasteiger partial charge in [0.15, 0.2) is 0 Å². The van der Waals surface area contributed by atoms with Gasteiger partial charge in [0.1, 0.15) is 11.1 Å². The van der Waals surface area contributed by atoms with E-state index < -0.39 is 41.0 Å². The number of hydrogen-bond acceptors (Lipinski definition) is 4. The molecule has 0 aromatic rings. The predicted octanol–water partition coefficient (Wildman–Crippen LogP) is 1.45. The number of fused-ring (bicyclic) bond motifs is 1. The summed E-state index contributed by atoms with van der Waals surface area (Å²) in [6, 6.07) is 0. The number of hydrogen-bond donors (Lipinski definition) is 3. The van der Waals surface area contributed by atoms with Gasteiger partial charge in [0.05, 0.1) is 5.92 Å². The summed E-state index contributed by atoms with van der Waals surface area (Å²) in [6.07, 6.45) is -0.706. The summed E-state index contributed by atoms with van der Waals surface area (Å²) in [5.74, 6) is -3.92. The van der Waals surface area contributed by atoms with Crippen LogP contribution in [0.25, 0.3) is 0 Å². The number of halogens is 1. The lowest BCUT2D eigenvalue weighted by molar-refractivity contribution is -0.146. The summed E-state index contributed by atoms with van der Waals surface area (Å²) in [7, 11) is 0. The zero-order valence-electron chi connectivity index (χ0n) is 11.9. The van der Waals surface area contributed by atoms with Crippen molar-refractivity contribution < 1.29 is 29.3 Å². The fourth-order valence-electron chi connectivity index (χ4n) is 3.22. The number of carboxylic acid groups (broad SMARTS) is 2. The number of carbonyl (C=O) groups excluding carboxylic acids is 1. The van der Waals surface area contributed by atoms with E-state index in [-0.39, 0.29) is 17.2 Å². The standard InChI is InChI=1S/C13H18BrNO6/c1-12(2,3)21-11(20)15-13(10(18)19)4-5(14)6-7(8(6)13)9(16)17/h5-8H,4H2,1-3H3,(H,15,20)(H,16,17)(H,18,19)/t5-,6+,7+,8+,13+/m1/s1. The molecule has 0 aliphatic heterocycles. The van der Waals surface area contributed by atoms with E-state index in [1.165, 1.54) is 0 Å². The predicted molar refractivity (Wildman–Crippen MR) is 75.2 cm³/mol. The van der Waals surface area contributed by atoms with E-state index in [1.807, 2.05) is 0 Å². The molecule has 0 spiro atoms. The van der Waals surface area contributed by atoms with Crippen molar-refractivity contribution in [2.75, 3.05) is 0 Å². The van der Waals surface area contributed by atoms with Crippen LogP contribution < -0.4 is 5.32 Å². The van der Waals surface area contributed by atoms with Crippen LogP contribution in [0.5, 0.6) is 0 Å². The number of carboxylic acids is 2. The van der Waals surface area contributed by atoms with Gasteiger partial charge < -0.3 is 20.3 Å². The molecule has 2 rings (SSSR count). The highest BCUT2D eigenvalue weighted by atomic mass is 79.9. The first-order chi connectivity index (χ1) is 9.49. The van der Waals surface area contributed by atoms with E-state index in [1.54, 1.807) is 20.8 Å². The van der Waals surface area contributed by atoms with Crippen molar-refractivity contribution in [2.24, 2.45) is 17.8 Å². The van der Waals surface area contributed by atoms with Gasteiger partial charge in [0.2, 0.25) is 0 Å². The molecule has 5 atom stereocenters. The van der Waals surface area contributed by atoms with Crippen LogP contribution in [0.15, 0.2) is 0 Å². The largest absolute Gasteiger partial charge is 0.481 e. The summed E-state index contributed by atoms with van der Waals surface area (Å²) < 4.78 is 5.10. The summed E-state index contributed by atoms with van der Waals surface area (Å²) >= 11 is 3.33. The molecule has 0 radical (unpaired) electrons. The molecule has 1 amide bonds. The molecule has 2 saturated carbocycles. The lowest BCUT2D eigenvalue weighted by Crippen LogP contribution is -2.57. The summed E-state index contributed by atoms with van der Waals surface area (Å²) in [6.45, 7) is 5.01. The summed E-state index contributed by atoms with van der Waals surface area (Å²) in [4.78, 5) is 34.5. The molecule has 2 fully saturated rings. The summed E-state index contributed by atoms with van der Waals surface area (Å²) in [5, 5.41) is 21.1. The fraction of sp³-hybridized carbons (Fsp3) is 0.769. The second-order valence-corrected chi connectivity index (χ2v) is 7.77. The molecule has 0 heterocycles. The van der Waals surface area contributed by atoms with Gasteiger partial charge in [0, 0.05) is 10.7 Å². The van der Waals surface area contributed by atoms with Gasteiger partial charge in [-0.05, 0) is 33.1 Å². The normalized spacial score (nSPS) is 37.5. The Kier molecular flexibility index (Phi) is 3.72. The number of alkyl halides is 1. The van der Waals surface area contributed by atoms with Crippen LogP contribution in [0.4, 0.5) is 4.79 Å². The molecule has 2 aliphatic carbocycles. The summed E-state index contributed by atoms with van der Waals surface area (Å²) in [5.41, 5.74) is -2.35. The average Bonchev–Trinajstić information content (AvgIpc) is 2.94. The smallest absolute Gasteiger partial charge is 0.408 e. The van der Waals surface area contributed by atoms with Crippen LogP contribution in [-0.2, 0) is 14.3 Å². The first-order valence-corrected chi connectivity index (χ1v) is 7.52.